The van der Waals surface area contributed by atoms with Crippen LogP contribution in [0.4, 0.5) is 10.1 Å². The molecule has 0 aliphatic rings. The van der Waals surface area contributed by atoms with Crippen LogP contribution in [0.3, 0.4) is 0 Å². The summed E-state index contributed by atoms with van der Waals surface area (Å²) >= 11 is 0. The average molecular weight is 405 g/mol. The van der Waals surface area contributed by atoms with E-state index in [1.165, 1.54) is 6.07 Å². The zero-order valence-electron chi connectivity index (χ0n) is 15.3. The molecule has 11 nitrogen and oxygen atoms in total. The predicted molar refractivity (Wildman–Crippen MR) is 97.0 cm³/mol. The summed E-state index contributed by atoms with van der Waals surface area (Å²) in [4.78, 5) is 36.1. The minimum atomic E-state index is -1.41. The molecule has 0 amide bonds. The number of nitrogens with zero attached hydrogens (tertiary/aromatic N) is 4. The number of nitro groups is 1. The zero-order chi connectivity index (χ0) is 21.7. The SMILES string of the molecule is COC(=O)c1cc(C(=O)O)n2ncc([N+](=O)[O-])c2n1.Cc1cc(CN)ccc1F. The van der Waals surface area contributed by atoms with Gasteiger partial charge in [-0.2, -0.15) is 5.10 Å². The highest BCUT2D eigenvalue weighted by Crippen LogP contribution is 2.19. The largest absolute Gasteiger partial charge is 0.477 e. The summed E-state index contributed by atoms with van der Waals surface area (Å²) in [5, 5.41) is 23.3. The third-order valence-corrected chi connectivity index (χ3v) is 3.72. The summed E-state index contributed by atoms with van der Waals surface area (Å²) in [5.41, 5.74) is 5.34. The third kappa shape index (κ3) is 4.68. The first-order valence-corrected chi connectivity index (χ1v) is 7.99. The van der Waals surface area contributed by atoms with Crippen LogP contribution in [0.15, 0.2) is 30.5 Å². The van der Waals surface area contributed by atoms with E-state index in [0.29, 0.717) is 12.1 Å². The van der Waals surface area contributed by atoms with E-state index in [1.807, 2.05) is 0 Å². The van der Waals surface area contributed by atoms with Crippen LogP contribution in [0, 0.1) is 22.9 Å². The summed E-state index contributed by atoms with van der Waals surface area (Å²) in [6.07, 6.45) is 0.857. The van der Waals surface area contributed by atoms with Crippen molar-refractivity contribution >= 4 is 23.3 Å². The van der Waals surface area contributed by atoms with Gasteiger partial charge in [0, 0.05) is 12.6 Å². The molecule has 1 aromatic carbocycles. The number of aromatic nitrogens is 3. The molecule has 0 atom stereocenters. The van der Waals surface area contributed by atoms with Crippen molar-refractivity contribution in [3.63, 3.8) is 0 Å². The molecule has 2 aromatic heterocycles. The summed E-state index contributed by atoms with van der Waals surface area (Å²) in [6, 6.07) is 5.83. The fraction of sp³-hybridized carbons (Fsp3) is 0.176. The second-order valence-corrected chi connectivity index (χ2v) is 5.63. The van der Waals surface area contributed by atoms with Crippen LogP contribution >= 0.6 is 0 Å². The first-order valence-electron chi connectivity index (χ1n) is 7.99. The summed E-state index contributed by atoms with van der Waals surface area (Å²) in [6.45, 7) is 2.20. The Morgan fingerprint density at radius 1 is 1.38 bits per heavy atom. The number of carbonyl (C=O) groups is 2. The minimum Gasteiger partial charge on any atom is -0.477 e. The Kier molecular flexibility index (Phi) is 6.51. The summed E-state index contributed by atoms with van der Waals surface area (Å²) in [5.74, 6) is -2.48. The van der Waals surface area contributed by atoms with E-state index in [4.69, 9.17) is 10.8 Å². The molecule has 152 valence electrons. The van der Waals surface area contributed by atoms with Crippen LogP contribution in [0.25, 0.3) is 5.65 Å². The number of rotatable bonds is 4. The van der Waals surface area contributed by atoms with Crippen molar-refractivity contribution in [2.24, 2.45) is 5.73 Å². The van der Waals surface area contributed by atoms with Crippen molar-refractivity contribution in [1.29, 1.82) is 0 Å². The topological polar surface area (TPSA) is 163 Å². The maximum atomic E-state index is 12.6. The number of carboxylic acids is 1. The lowest BCUT2D eigenvalue weighted by Gasteiger charge is -2.02. The lowest BCUT2D eigenvalue weighted by atomic mass is 10.1. The molecule has 3 aromatic rings. The first-order chi connectivity index (χ1) is 13.7. The second-order valence-electron chi connectivity index (χ2n) is 5.63. The smallest absolute Gasteiger partial charge is 0.356 e. The highest BCUT2D eigenvalue weighted by Gasteiger charge is 2.24. The van der Waals surface area contributed by atoms with E-state index < -0.39 is 28.2 Å². The number of aromatic carboxylic acids is 1. The van der Waals surface area contributed by atoms with Gasteiger partial charge >= 0.3 is 17.6 Å². The lowest BCUT2D eigenvalue weighted by molar-refractivity contribution is -0.383. The Bertz CT molecular complexity index is 1100. The minimum absolute atomic E-state index is 0.169. The van der Waals surface area contributed by atoms with Gasteiger partial charge in [-0.05, 0) is 24.1 Å². The maximum absolute atomic E-state index is 12.6. The van der Waals surface area contributed by atoms with Crippen molar-refractivity contribution < 1.29 is 28.7 Å². The lowest BCUT2D eigenvalue weighted by Crippen LogP contribution is -2.13. The number of halogens is 1. The van der Waals surface area contributed by atoms with Crippen LogP contribution in [0.2, 0.25) is 0 Å². The number of carbonyl (C=O) groups excluding carboxylic acids is 1. The van der Waals surface area contributed by atoms with Gasteiger partial charge in [0.25, 0.3) is 0 Å². The molecule has 0 fully saturated rings. The van der Waals surface area contributed by atoms with E-state index in [2.05, 4.69) is 14.8 Å². The van der Waals surface area contributed by atoms with E-state index in [0.717, 1.165) is 29.5 Å². The Labute approximate surface area is 162 Å². The predicted octanol–water partition coefficient (Wildman–Crippen LogP) is 1.72. The van der Waals surface area contributed by atoms with Crippen LogP contribution in [0.5, 0.6) is 0 Å². The average Bonchev–Trinajstić information content (AvgIpc) is 3.13. The molecule has 0 bridgehead atoms. The highest BCUT2D eigenvalue weighted by molar-refractivity contribution is 5.93. The van der Waals surface area contributed by atoms with Gasteiger partial charge in [-0.15, -0.1) is 0 Å². The van der Waals surface area contributed by atoms with Crippen molar-refractivity contribution in [3.05, 3.63) is 68.9 Å². The number of fused-ring (bicyclic) bond motifs is 1. The van der Waals surface area contributed by atoms with Gasteiger partial charge in [0.15, 0.2) is 11.4 Å². The normalized spacial score (nSPS) is 10.2. The Morgan fingerprint density at radius 3 is 2.59 bits per heavy atom. The standard InChI is InChI=1S/C9H6N4O6.C8H10FN/c1-19-9(16)4-2-5(8(14)15)12-7(11-4)6(3-10-12)13(17)18;1-6-4-7(5-10)2-3-8(6)9/h2-3H,1H3,(H,14,15);2-4H,5,10H2,1H3. The molecule has 2 heterocycles. The van der Waals surface area contributed by atoms with Crippen molar-refractivity contribution in [1.82, 2.24) is 14.6 Å². The molecule has 29 heavy (non-hydrogen) atoms. The molecule has 0 spiro atoms. The number of esters is 1. The number of ether oxygens (including phenoxy) is 1. The van der Waals surface area contributed by atoms with Gasteiger partial charge in [0.05, 0.1) is 12.0 Å². The Balaban J connectivity index is 0.000000253. The van der Waals surface area contributed by atoms with Gasteiger partial charge in [-0.3, -0.25) is 10.1 Å². The van der Waals surface area contributed by atoms with E-state index in [9.17, 15) is 24.1 Å². The highest BCUT2D eigenvalue weighted by atomic mass is 19.1. The fourth-order valence-electron chi connectivity index (χ4n) is 2.28. The Hall–Kier alpha value is -3.93. The number of methoxy groups -OCH3 is 1. The second kappa shape index (κ2) is 8.84. The summed E-state index contributed by atoms with van der Waals surface area (Å²) in [7, 11) is 1.08. The number of nitrogens with two attached hydrogens (primary N) is 1. The number of carboxylic acid groups (broad SMARTS) is 1. The molecule has 12 heteroatoms. The maximum Gasteiger partial charge on any atom is 0.356 e. The van der Waals surface area contributed by atoms with Gasteiger partial charge in [0.1, 0.15) is 12.0 Å². The molecule has 3 rings (SSSR count). The quantitative estimate of drug-likeness (QED) is 0.373. The van der Waals surface area contributed by atoms with Gasteiger partial charge in [0.2, 0.25) is 5.65 Å². The number of hydrogen-bond acceptors (Lipinski definition) is 8. The number of benzene rings is 1. The molecule has 3 N–H and O–H groups in total. The number of aryl methyl sites for hydroxylation is 1. The van der Waals surface area contributed by atoms with E-state index in [1.54, 1.807) is 19.1 Å². The van der Waals surface area contributed by atoms with Crippen molar-refractivity contribution in [3.8, 4) is 0 Å². The van der Waals surface area contributed by atoms with Gasteiger partial charge in [-0.1, -0.05) is 12.1 Å². The monoisotopic (exact) mass is 405 g/mol. The Morgan fingerprint density at radius 2 is 2.07 bits per heavy atom. The molecule has 0 aliphatic carbocycles. The first kappa shape index (κ1) is 21.4. The van der Waals surface area contributed by atoms with Gasteiger partial charge in [-0.25, -0.2) is 23.5 Å². The van der Waals surface area contributed by atoms with Gasteiger partial charge < -0.3 is 15.6 Å². The molecule has 0 unspecified atom stereocenters. The van der Waals surface area contributed by atoms with Crippen LogP contribution in [-0.4, -0.2) is 43.7 Å². The molecule has 0 aliphatic heterocycles. The zero-order valence-corrected chi connectivity index (χ0v) is 15.3. The molecular formula is C17H16FN5O6. The molecule has 0 radical (unpaired) electrons. The molecular weight excluding hydrogens is 389 g/mol. The van der Waals surface area contributed by atoms with E-state index >= 15 is 0 Å². The van der Waals surface area contributed by atoms with Crippen LogP contribution in [0.1, 0.15) is 32.1 Å². The van der Waals surface area contributed by atoms with Crippen LogP contribution in [-0.2, 0) is 11.3 Å². The molecule has 0 saturated carbocycles. The number of hydrogen-bond donors (Lipinski definition) is 2. The van der Waals surface area contributed by atoms with E-state index in [-0.39, 0.29) is 17.2 Å². The summed E-state index contributed by atoms with van der Waals surface area (Å²) < 4.78 is 17.8. The van der Waals surface area contributed by atoms with Crippen molar-refractivity contribution in [2.45, 2.75) is 13.5 Å². The third-order valence-electron chi connectivity index (χ3n) is 3.72. The van der Waals surface area contributed by atoms with Crippen molar-refractivity contribution in [2.75, 3.05) is 7.11 Å². The molecule has 0 saturated heterocycles. The van der Waals surface area contributed by atoms with Crippen LogP contribution < -0.4 is 5.73 Å². The fourth-order valence-corrected chi connectivity index (χ4v) is 2.28.